The summed E-state index contributed by atoms with van der Waals surface area (Å²) in [4.78, 5) is 29.9. The number of carbonyl (C=O) groups excluding carboxylic acids is 2. The number of aryl methyl sites for hydroxylation is 1. The van der Waals surface area contributed by atoms with Gasteiger partial charge in [0.25, 0.3) is 5.91 Å². The third-order valence-electron chi connectivity index (χ3n) is 4.50. The van der Waals surface area contributed by atoms with Crippen LogP contribution >= 0.6 is 0 Å². The van der Waals surface area contributed by atoms with Crippen LogP contribution in [-0.2, 0) is 9.53 Å². The first-order chi connectivity index (χ1) is 14.5. The number of carbonyl (C=O) groups is 2. The molecule has 0 bridgehead atoms. The Balaban J connectivity index is 1.59. The summed E-state index contributed by atoms with van der Waals surface area (Å²) in [6.07, 6.45) is 2.15. The predicted octanol–water partition coefficient (Wildman–Crippen LogP) is 4.32. The van der Waals surface area contributed by atoms with E-state index in [2.05, 4.69) is 10.3 Å². The Kier molecular flexibility index (Phi) is 5.26. The molecule has 30 heavy (non-hydrogen) atoms. The minimum absolute atomic E-state index is 0.0936. The second kappa shape index (κ2) is 8.16. The Morgan fingerprint density at radius 3 is 2.53 bits per heavy atom. The van der Waals surface area contributed by atoms with Crippen LogP contribution in [-0.4, -0.2) is 21.3 Å². The maximum Gasteiger partial charge on any atom is 0.359 e. The molecule has 2 heterocycles. The third-order valence-corrected chi connectivity index (χ3v) is 4.50. The van der Waals surface area contributed by atoms with Gasteiger partial charge in [-0.3, -0.25) is 4.79 Å². The number of fused-ring (bicyclic) bond motifs is 1. The van der Waals surface area contributed by atoms with Gasteiger partial charge in [-0.15, -0.1) is 0 Å². The average Bonchev–Trinajstić information content (AvgIpc) is 3.17. The van der Waals surface area contributed by atoms with Crippen molar-refractivity contribution in [3.8, 4) is 0 Å². The lowest BCUT2D eigenvalue weighted by molar-refractivity contribution is -0.125. The van der Waals surface area contributed by atoms with E-state index in [4.69, 9.17) is 4.74 Å². The summed E-state index contributed by atoms with van der Waals surface area (Å²) < 4.78 is 20.4. The molecule has 1 N–H and O–H groups in total. The van der Waals surface area contributed by atoms with Crippen molar-refractivity contribution < 1.29 is 18.7 Å². The van der Waals surface area contributed by atoms with E-state index in [1.54, 1.807) is 47.1 Å². The van der Waals surface area contributed by atoms with Crippen molar-refractivity contribution in [2.45, 2.75) is 13.0 Å². The lowest BCUT2D eigenvalue weighted by atomic mass is 10.1. The van der Waals surface area contributed by atoms with Crippen LogP contribution in [0.1, 0.15) is 27.7 Å². The van der Waals surface area contributed by atoms with Crippen LogP contribution in [0.4, 0.5) is 10.1 Å². The molecule has 2 aromatic heterocycles. The van der Waals surface area contributed by atoms with E-state index in [-0.39, 0.29) is 5.69 Å². The van der Waals surface area contributed by atoms with Gasteiger partial charge < -0.3 is 14.5 Å². The number of hydrogen-bond acceptors (Lipinski definition) is 4. The fourth-order valence-electron chi connectivity index (χ4n) is 2.99. The van der Waals surface area contributed by atoms with Gasteiger partial charge in [0, 0.05) is 23.6 Å². The van der Waals surface area contributed by atoms with E-state index < -0.39 is 23.8 Å². The van der Waals surface area contributed by atoms with Crippen LogP contribution < -0.4 is 5.32 Å². The number of ether oxygens (including phenoxy) is 1. The Hall–Kier alpha value is -4.00. The first-order valence-corrected chi connectivity index (χ1v) is 9.27. The van der Waals surface area contributed by atoms with Crippen molar-refractivity contribution >= 4 is 23.2 Å². The van der Waals surface area contributed by atoms with Gasteiger partial charge in [0.15, 0.2) is 5.69 Å². The fraction of sp³-hybridized carbons (Fsp3) is 0.0870. The molecule has 150 valence electrons. The van der Waals surface area contributed by atoms with Crippen LogP contribution in [0.3, 0.4) is 0 Å². The van der Waals surface area contributed by atoms with E-state index in [0.717, 1.165) is 5.56 Å². The number of nitrogens with one attached hydrogen (secondary N) is 1. The number of hydrogen-bond donors (Lipinski definition) is 1. The zero-order chi connectivity index (χ0) is 21.1. The van der Waals surface area contributed by atoms with Gasteiger partial charge >= 0.3 is 5.97 Å². The number of halogens is 1. The van der Waals surface area contributed by atoms with E-state index in [1.165, 1.54) is 24.3 Å². The minimum atomic E-state index is -1.20. The summed E-state index contributed by atoms with van der Waals surface area (Å²) in [6, 6.07) is 17.7. The molecule has 1 unspecified atom stereocenters. The zero-order valence-electron chi connectivity index (χ0n) is 16.1. The number of amides is 1. The highest BCUT2D eigenvalue weighted by Crippen LogP contribution is 2.22. The molecule has 4 rings (SSSR count). The Morgan fingerprint density at radius 1 is 1.07 bits per heavy atom. The molecular weight excluding hydrogens is 385 g/mol. The Labute approximate surface area is 171 Å². The van der Waals surface area contributed by atoms with Crippen molar-refractivity contribution in [3.05, 3.63) is 102 Å². The van der Waals surface area contributed by atoms with Crippen LogP contribution in [0, 0.1) is 12.7 Å². The first-order valence-electron chi connectivity index (χ1n) is 9.27. The molecule has 0 spiro atoms. The maximum atomic E-state index is 13.1. The normalized spacial score (nSPS) is 11.8. The topological polar surface area (TPSA) is 72.7 Å². The third kappa shape index (κ3) is 4.20. The molecule has 0 aliphatic carbocycles. The summed E-state index contributed by atoms with van der Waals surface area (Å²) in [7, 11) is 0. The molecule has 1 amide bonds. The highest BCUT2D eigenvalue weighted by molar-refractivity contribution is 5.97. The molecule has 0 aliphatic heterocycles. The van der Waals surface area contributed by atoms with Gasteiger partial charge in [0.05, 0.1) is 0 Å². The van der Waals surface area contributed by atoms with E-state index >= 15 is 0 Å². The number of aromatic nitrogens is 2. The SMILES string of the molecule is Cc1ccn2cc(C(=O)OC(C(=O)Nc3ccc(F)cc3)c3ccccc3)nc2c1. The van der Waals surface area contributed by atoms with Crippen molar-refractivity contribution in [1.82, 2.24) is 9.38 Å². The summed E-state index contributed by atoms with van der Waals surface area (Å²) in [5.41, 5.74) is 2.60. The average molecular weight is 403 g/mol. The van der Waals surface area contributed by atoms with Gasteiger partial charge in [0.1, 0.15) is 11.5 Å². The first kappa shape index (κ1) is 19.3. The largest absolute Gasteiger partial charge is 0.443 e. The quantitative estimate of drug-likeness (QED) is 0.504. The van der Waals surface area contributed by atoms with E-state index in [1.807, 2.05) is 19.1 Å². The number of benzene rings is 2. The molecule has 4 aromatic rings. The molecule has 1 atom stereocenters. The zero-order valence-corrected chi connectivity index (χ0v) is 16.1. The van der Waals surface area contributed by atoms with Crippen LogP contribution in [0.15, 0.2) is 79.1 Å². The Bertz CT molecular complexity index is 1200. The molecular formula is C23H18FN3O3. The molecule has 6 nitrogen and oxygen atoms in total. The number of rotatable bonds is 5. The highest BCUT2D eigenvalue weighted by Gasteiger charge is 2.27. The number of esters is 1. The van der Waals surface area contributed by atoms with E-state index in [9.17, 15) is 14.0 Å². The van der Waals surface area contributed by atoms with Crippen molar-refractivity contribution in [3.63, 3.8) is 0 Å². The Morgan fingerprint density at radius 2 is 1.80 bits per heavy atom. The lowest BCUT2D eigenvalue weighted by Crippen LogP contribution is -2.26. The van der Waals surface area contributed by atoms with Gasteiger partial charge in [-0.2, -0.15) is 0 Å². The second-order valence-corrected chi connectivity index (χ2v) is 6.79. The molecule has 7 heteroatoms. The number of imidazole rings is 1. The van der Waals surface area contributed by atoms with Crippen molar-refractivity contribution in [2.24, 2.45) is 0 Å². The minimum Gasteiger partial charge on any atom is -0.443 e. The maximum absolute atomic E-state index is 13.1. The molecule has 0 aliphatic rings. The van der Waals surface area contributed by atoms with Crippen molar-refractivity contribution in [1.29, 1.82) is 0 Å². The number of anilines is 1. The fourth-order valence-corrected chi connectivity index (χ4v) is 2.99. The van der Waals surface area contributed by atoms with Gasteiger partial charge in [-0.25, -0.2) is 14.2 Å². The molecule has 0 fully saturated rings. The standard InChI is InChI=1S/C23H18FN3O3/c1-15-11-12-27-14-19(26-20(27)13-15)23(29)30-21(16-5-3-2-4-6-16)22(28)25-18-9-7-17(24)8-10-18/h2-14,21H,1H3,(H,25,28). The summed E-state index contributed by atoms with van der Waals surface area (Å²) in [6.45, 7) is 1.93. The number of nitrogens with zero attached hydrogens (tertiary/aromatic N) is 2. The monoisotopic (exact) mass is 403 g/mol. The smallest absolute Gasteiger partial charge is 0.359 e. The summed E-state index contributed by atoms with van der Waals surface area (Å²) >= 11 is 0. The molecule has 0 saturated carbocycles. The van der Waals surface area contributed by atoms with Crippen LogP contribution in [0.2, 0.25) is 0 Å². The summed E-state index contributed by atoms with van der Waals surface area (Å²) in [5, 5.41) is 2.65. The van der Waals surface area contributed by atoms with Gasteiger partial charge in [0.2, 0.25) is 6.10 Å². The van der Waals surface area contributed by atoms with Crippen LogP contribution in [0.25, 0.3) is 5.65 Å². The van der Waals surface area contributed by atoms with E-state index in [0.29, 0.717) is 16.9 Å². The lowest BCUT2D eigenvalue weighted by Gasteiger charge is -2.17. The highest BCUT2D eigenvalue weighted by atomic mass is 19.1. The predicted molar refractivity (Wildman–Crippen MR) is 110 cm³/mol. The molecule has 2 aromatic carbocycles. The van der Waals surface area contributed by atoms with Crippen LogP contribution in [0.5, 0.6) is 0 Å². The van der Waals surface area contributed by atoms with Gasteiger partial charge in [-0.05, 0) is 48.9 Å². The molecule has 0 radical (unpaired) electrons. The number of pyridine rings is 1. The molecule has 0 saturated heterocycles. The second-order valence-electron chi connectivity index (χ2n) is 6.79. The van der Waals surface area contributed by atoms with Gasteiger partial charge in [-0.1, -0.05) is 30.3 Å². The van der Waals surface area contributed by atoms with Crippen molar-refractivity contribution in [2.75, 3.05) is 5.32 Å². The summed E-state index contributed by atoms with van der Waals surface area (Å²) in [5.74, 6) is -1.69.